The summed E-state index contributed by atoms with van der Waals surface area (Å²) in [6.45, 7) is 0. The van der Waals surface area contributed by atoms with Crippen LogP contribution in [-0.4, -0.2) is 28.0 Å². The molecule has 0 bridgehead atoms. The highest BCUT2D eigenvalue weighted by atomic mass is 79.9. The molecule has 0 saturated carbocycles. The number of aliphatic carboxylic acids is 1. The molecule has 1 aromatic heterocycles. The molecule has 0 radical (unpaired) electrons. The third-order valence-corrected chi connectivity index (χ3v) is 3.20. The van der Waals surface area contributed by atoms with E-state index in [0.29, 0.717) is 10.2 Å². The smallest absolute Gasteiger partial charge is 0.303 e. The van der Waals surface area contributed by atoms with Crippen LogP contribution in [0.3, 0.4) is 0 Å². The van der Waals surface area contributed by atoms with Crippen molar-refractivity contribution in [3.05, 3.63) is 21.9 Å². The fourth-order valence-electron chi connectivity index (χ4n) is 1.13. The van der Waals surface area contributed by atoms with E-state index in [0.717, 1.165) is 0 Å². The molecule has 1 unspecified atom stereocenters. The van der Waals surface area contributed by atoms with Crippen molar-refractivity contribution in [2.24, 2.45) is 5.73 Å². The van der Waals surface area contributed by atoms with Gasteiger partial charge in [0.1, 0.15) is 5.15 Å². The van der Waals surface area contributed by atoms with Gasteiger partial charge in [-0.25, -0.2) is 4.98 Å². The molecule has 8 heteroatoms. The van der Waals surface area contributed by atoms with Crippen LogP contribution in [0.5, 0.6) is 0 Å². The summed E-state index contributed by atoms with van der Waals surface area (Å²) in [5, 5.41) is 11.3. The maximum Gasteiger partial charge on any atom is 0.303 e. The molecule has 18 heavy (non-hydrogen) atoms. The molecule has 1 aromatic rings. The Kier molecular flexibility index (Phi) is 5.52. The van der Waals surface area contributed by atoms with Gasteiger partial charge in [-0.2, -0.15) is 0 Å². The predicted octanol–water partition coefficient (Wildman–Crippen LogP) is 1.63. The lowest BCUT2D eigenvalue weighted by Gasteiger charge is -2.11. The maximum absolute atomic E-state index is 11.6. The number of nitrogens with one attached hydrogen (secondary N) is 1. The van der Waals surface area contributed by atoms with Gasteiger partial charge in [0.2, 0.25) is 5.91 Å². The van der Waals surface area contributed by atoms with Gasteiger partial charge < -0.3 is 16.2 Å². The monoisotopic (exact) mass is 335 g/mol. The number of carbonyl (C=O) groups excluding carboxylic acids is 1. The van der Waals surface area contributed by atoms with E-state index >= 15 is 0 Å². The summed E-state index contributed by atoms with van der Waals surface area (Å²) < 4.78 is 0.543. The summed E-state index contributed by atoms with van der Waals surface area (Å²) in [6, 6.07) is 0.701. The minimum atomic E-state index is -0.992. The first-order valence-corrected chi connectivity index (χ1v) is 6.16. The van der Waals surface area contributed by atoms with Crippen LogP contribution in [0, 0.1) is 0 Å². The number of pyridine rings is 1. The second-order valence-electron chi connectivity index (χ2n) is 3.52. The zero-order valence-electron chi connectivity index (χ0n) is 9.19. The molecule has 1 rings (SSSR count). The fraction of sp³-hybridized carbons (Fsp3) is 0.300. The van der Waals surface area contributed by atoms with Crippen molar-refractivity contribution in [1.82, 2.24) is 4.98 Å². The van der Waals surface area contributed by atoms with Gasteiger partial charge in [-0.3, -0.25) is 9.59 Å². The molecule has 0 aromatic carbocycles. The third kappa shape index (κ3) is 4.59. The van der Waals surface area contributed by atoms with Crippen molar-refractivity contribution in [2.75, 3.05) is 5.32 Å². The molecule has 98 valence electrons. The number of carbonyl (C=O) groups is 2. The Hall–Kier alpha value is -1.18. The van der Waals surface area contributed by atoms with Crippen LogP contribution >= 0.6 is 27.5 Å². The Morgan fingerprint density at radius 1 is 1.61 bits per heavy atom. The van der Waals surface area contributed by atoms with E-state index in [1.165, 1.54) is 6.20 Å². The Balaban J connectivity index is 2.58. The average Bonchev–Trinajstić information content (AvgIpc) is 2.30. The topological polar surface area (TPSA) is 105 Å². The molecule has 4 N–H and O–H groups in total. The highest BCUT2D eigenvalue weighted by molar-refractivity contribution is 9.10. The third-order valence-electron chi connectivity index (χ3n) is 2.07. The van der Waals surface area contributed by atoms with E-state index in [4.69, 9.17) is 22.4 Å². The Labute approximate surface area is 117 Å². The van der Waals surface area contributed by atoms with Gasteiger partial charge in [-0.1, -0.05) is 11.6 Å². The van der Waals surface area contributed by atoms with Crippen molar-refractivity contribution in [1.29, 1.82) is 0 Å². The van der Waals surface area contributed by atoms with Crippen LogP contribution < -0.4 is 11.1 Å². The number of carboxylic acids is 1. The van der Waals surface area contributed by atoms with Crippen molar-refractivity contribution >= 4 is 45.1 Å². The number of rotatable bonds is 5. The van der Waals surface area contributed by atoms with E-state index in [9.17, 15) is 9.59 Å². The standard InChI is InChI=1S/C10H11BrClN3O3/c11-6-3-5(4-14-9(6)12)15-10(18)7(13)1-2-8(16)17/h3-4,7H,1-2,13H2,(H,15,18)(H,16,17). The number of nitrogens with zero attached hydrogens (tertiary/aromatic N) is 1. The Bertz CT molecular complexity index is 470. The van der Waals surface area contributed by atoms with Gasteiger partial charge in [-0.05, 0) is 28.4 Å². The van der Waals surface area contributed by atoms with Crippen LogP contribution in [0.2, 0.25) is 5.15 Å². The van der Waals surface area contributed by atoms with Crippen LogP contribution in [0.1, 0.15) is 12.8 Å². The summed E-state index contributed by atoms with van der Waals surface area (Å²) in [7, 11) is 0. The molecular weight excluding hydrogens is 325 g/mol. The van der Waals surface area contributed by atoms with Crippen molar-refractivity contribution in [2.45, 2.75) is 18.9 Å². The number of hydrogen-bond donors (Lipinski definition) is 3. The van der Waals surface area contributed by atoms with E-state index in [1.54, 1.807) is 6.07 Å². The Morgan fingerprint density at radius 3 is 2.83 bits per heavy atom. The molecule has 1 atom stereocenters. The molecule has 6 nitrogen and oxygen atoms in total. The minimum absolute atomic E-state index is 0.0728. The molecule has 1 amide bonds. The second kappa shape index (κ2) is 6.67. The molecular formula is C10H11BrClN3O3. The summed E-state index contributed by atoms with van der Waals surface area (Å²) in [5.74, 6) is -1.46. The van der Waals surface area contributed by atoms with Gasteiger partial charge in [0.05, 0.1) is 22.4 Å². The first kappa shape index (κ1) is 14.9. The molecule has 0 fully saturated rings. The lowest BCUT2D eigenvalue weighted by atomic mass is 10.1. The number of nitrogens with two attached hydrogens (primary N) is 1. The number of carboxylic acid groups (broad SMARTS) is 1. The van der Waals surface area contributed by atoms with Crippen LogP contribution in [0.15, 0.2) is 16.7 Å². The number of aromatic nitrogens is 1. The summed E-state index contributed by atoms with van der Waals surface area (Å²) >= 11 is 8.87. The molecule has 0 saturated heterocycles. The average molecular weight is 337 g/mol. The minimum Gasteiger partial charge on any atom is -0.481 e. The maximum atomic E-state index is 11.6. The molecule has 0 aliphatic rings. The highest BCUT2D eigenvalue weighted by Crippen LogP contribution is 2.22. The quantitative estimate of drug-likeness (QED) is 0.709. The zero-order chi connectivity index (χ0) is 13.7. The first-order valence-electron chi connectivity index (χ1n) is 4.99. The largest absolute Gasteiger partial charge is 0.481 e. The molecule has 1 heterocycles. The lowest BCUT2D eigenvalue weighted by Crippen LogP contribution is -2.36. The van der Waals surface area contributed by atoms with Crippen molar-refractivity contribution in [3.63, 3.8) is 0 Å². The number of amides is 1. The summed E-state index contributed by atoms with van der Waals surface area (Å²) in [4.78, 5) is 25.8. The van der Waals surface area contributed by atoms with Crippen molar-refractivity contribution < 1.29 is 14.7 Å². The second-order valence-corrected chi connectivity index (χ2v) is 4.74. The lowest BCUT2D eigenvalue weighted by molar-refractivity contribution is -0.137. The SMILES string of the molecule is NC(CCC(=O)O)C(=O)Nc1cnc(Cl)c(Br)c1. The highest BCUT2D eigenvalue weighted by Gasteiger charge is 2.15. The molecule has 0 spiro atoms. The number of anilines is 1. The summed E-state index contributed by atoms with van der Waals surface area (Å²) in [5.41, 5.74) is 5.98. The van der Waals surface area contributed by atoms with E-state index in [2.05, 4.69) is 26.2 Å². The fourth-order valence-corrected chi connectivity index (χ4v) is 1.59. The van der Waals surface area contributed by atoms with E-state index in [-0.39, 0.29) is 18.0 Å². The van der Waals surface area contributed by atoms with Gasteiger partial charge in [0.25, 0.3) is 0 Å². The van der Waals surface area contributed by atoms with Crippen LogP contribution in [0.4, 0.5) is 5.69 Å². The number of hydrogen-bond acceptors (Lipinski definition) is 4. The van der Waals surface area contributed by atoms with Crippen molar-refractivity contribution in [3.8, 4) is 0 Å². The first-order chi connectivity index (χ1) is 8.40. The van der Waals surface area contributed by atoms with Gasteiger partial charge in [0.15, 0.2) is 0 Å². The molecule has 0 aliphatic heterocycles. The summed E-state index contributed by atoms with van der Waals surface area (Å²) in [6.07, 6.45) is 1.30. The van der Waals surface area contributed by atoms with Crippen LogP contribution in [-0.2, 0) is 9.59 Å². The van der Waals surface area contributed by atoms with Crippen LogP contribution in [0.25, 0.3) is 0 Å². The number of halogens is 2. The van der Waals surface area contributed by atoms with E-state index in [1.807, 2.05) is 0 Å². The van der Waals surface area contributed by atoms with E-state index < -0.39 is 17.9 Å². The van der Waals surface area contributed by atoms with Gasteiger partial charge in [0, 0.05) is 6.42 Å². The van der Waals surface area contributed by atoms with Gasteiger partial charge >= 0.3 is 5.97 Å². The Morgan fingerprint density at radius 2 is 2.28 bits per heavy atom. The zero-order valence-corrected chi connectivity index (χ0v) is 11.5. The normalized spacial score (nSPS) is 11.9. The van der Waals surface area contributed by atoms with Gasteiger partial charge in [-0.15, -0.1) is 0 Å². The molecule has 0 aliphatic carbocycles. The predicted molar refractivity (Wildman–Crippen MR) is 70.4 cm³/mol.